The van der Waals surface area contributed by atoms with Crippen molar-refractivity contribution in [3.05, 3.63) is 29.8 Å². The molecule has 1 aromatic carbocycles. The number of carbonyl (C=O) groups is 2. The van der Waals surface area contributed by atoms with E-state index in [1.54, 1.807) is 24.3 Å². The first-order valence-electron chi connectivity index (χ1n) is 4.90. The maximum atomic E-state index is 11.6. The number of nitrogens with one attached hydrogen (secondary N) is 1. The molecule has 0 aliphatic rings. The number of alkyl halides is 1. The van der Waals surface area contributed by atoms with Crippen LogP contribution in [0.25, 0.3) is 0 Å². The minimum Gasteiger partial charge on any atom is -0.366 e. The molecule has 86 valence electrons. The van der Waals surface area contributed by atoms with E-state index in [0.717, 1.165) is 0 Å². The molecule has 0 heterocycles. The van der Waals surface area contributed by atoms with Crippen LogP contribution >= 0.6 is 15.9 Å². The lowest BCUT2D eigenvalue weighted by molar-refractivity contribution is -0.115. The zero-order valence-corrected chi connectivity index (χ0v) is 10.5. The van der Waals surface area contributed by atoms with E-state index in [1.165, 1.54) is 0 Å². The molecule has 0 aliphatic carbocycles. The number of primary amides is 1. The number of benzene rings is 1. The minimum atomic E-state index is -0.557. The second-order valence-electron chi connectivity index (χ2n) is 3.27. The molecule has 4 nitrogen and oxygen atoms in total. The van der Waals surface area contributed by atoms with Crippen molar-refractivity contribution in [2.24, 2.45) is 5.73 Å². The summed E-state index contributed by atoms with van der Waals surface area (Å²) in [4.78, 5) is 22.4. The molecule has 0 bridgehead atoms. The summed E-state index contributed by atoms with van der Waals surface area (Å²) >= 11 is 3.23. The van der Waals surface area contributed by atoms with Crippen LogP contribution in [0.4, 0.5) is 5.69 Å². The van der Waals surface area contributed by atoms with Crippen LogP contribution in [0.5, 0.6) is 0 Å². The Morgan fingerprint density at radius 1 is 1.44 bits per heavy atom. The van der Waals surface area contributed by atoms with Crippen molar-refractivity contribution in [1.82, 2.24) is 0 Å². The van der Waals surface area contributed by atoms with Gasteiger partial charge in [-0.15, -0.1) is 0 Å². The number of hydrogen-bond acceptors (Lipinski definition) is 2. The van der Waals surface area contributed by atoms with E-state index in [2.05, 4.69) is 21.2 Å². The fourth-order valence-corrected chi connectivity index (χ4v) is 1.32. The van der Waals surface area contributed by atoms with Gasteiger partial charge in [0.25, 0.3) is 5.91 Å². The third kappa shape index (κ3) is 3.06. The largest absolute Gasteiger partial charge is 0.366 e. The third-order valence-electron chi connectivity index (χ3n) is 2.09. The van der Waals surface area contributed by atoms with Crippen LogP contribution in [0.2, 0.25) is 0 Å². The summed E-state index contributed by atoms with van der Waals surface area (Å²) in [5, 5.41) is 2.66. The standard InChI is InChI=1S/C11H13BrN2O2/c1-2-8(12)11(16)14-9-6-4-3-5-7(9)10(13)15/h3-6,8H,2H2,1H3,(H2,13,15)(H,14,16). The molecule has 5 heteroatoms. The third-order valence-corrected chi connectivity index (χ3v) is 3.16. The maximum absolute atomic E-state index is 11.6. The van der Waals surface area contributed by atoms with Gasteiger partial charge in [-0.25, -0.2) is 0 Å². The summed E-state index contributed by atoms with van der Waals surface area (Å²) in [5.41, 5.74) is 5.95. The second-order valence-corrected chi connectivity index (χ2v) is 4.38. The van der Waals surface area contributed by atoms with Gasteiger partial charge >= 0.3 is 0 Å². The molecule has 0 saturated carbocycles. The molecular formula is C11H13BrN2O2. The Labute approximate surface area is 102 Å². The molecule has 0 fully saturated rings. The van der Waals surface area contributed by atoms with Gasteiger partial charge in [-0.2, -0.15) is 0 Å². The summed E-state index contributed by atoms with van der Waals surface area (Å²) in [5.74, 6) is -0.741. The second kappa shape index (κ2) is 5.65. The van der Waals surface area contributed by atoms with Crippen molar-refractivity contribution in [2.45, 2.75) is 18.2 Å². The van der Waals surface area contributed by atoms with Gasteiger partial charge in [0.1, 0.15) is 0 Å². The highest BCUT2D eigenvalue weighted by Crippen LogP contribution is 2.16. The van der Waals surface area contributed by atoms with Crippen LogP contribution in [0.15, 0.2) is 24.3 Å². The monoisotopic (exact) mass is 284 g/mol. The van der Waals surface area contributed by atoms with E-state index in [1.807, 2.05) is 6.92 Å². The average Bonchev–Trinajstić information content (AvgIpc) is 2.28. The lowest BCUT2D eigenvalue weighted by Gasteiger charge is -2.11. The Balaban J connectivity index is 2.89. The normalized spacial score (nSPS) is 11.9. The molecule has 3 N–H and O–H groups in total. The molecule has 0 aromatic heterocycles. The fraction of sp³-hybridized carbons (Fsp3) is 0.273. The highest BCUT2D eigenvalue weighted by atomic mass is 79.9. The fourth-order valence-electron chi connectivity index (χ4n) is 1.20. The number of amides is 2. The molecular weight excluding hydrogens is 272 g/mol. The van der Waals surface area contributed by atoms with E-state index in [0.29, 0.717) is 17.7 Å². The zero-order chi connectivity index (χ0) is 12.1. The minimum absolute atomic E-state index is 0.184. The highest BCUT2D eigenvalue weighted by molar-refractivity contribution is 9.10. The Bertz CT molecular complexity index is 407. The number of hydrogen-bond donors (Lipinski definition) is 2. The first-order valence-corrected chi connectivity index (χ1v) is 5.81. The van der Waals surface area contributed by atoms with E-state index in [9.17, 15) is 9.59 Å². The van der Waals surface area contributed by atoms with Crippen LogP contribution in [0, 0.1) is 0 Å². The van der Waals surface area contributed by atoms with Crippen LogP contribution in [0.1, 0.15) is 23.7 Å². The van der Waals surface area contributed by atoms with Gasteiger partial charge in [-0.1, -0.05) is 35.0 Å². The average molecular weight is 285 g/mol. The summed E-state index contributed by atoms with van der Waals surface area (Å²) in [6.45, 7) is 1.89. The number of halogens is 1. The van der Waals surface area contributed by atoms with Crippen LogP contribution in [-0.2, 0) is 4.79 Å². The van der Waals surface area contributed by atoms with Gasteiger partial charge in [0.15, 0.2) is 0 Å². The molecule has 1 aromatic rings. The molecule has 0 radical (unpaired) electrons. The Kier molecular flexibility index (Phi) is 4.49. The van der Waals surface area contributed by atoms with Crippen molar-refractivity contribution >= 4 is 33.4 Å². The molecule has 1 unspecified atom stereocenters. The van der Waals surface area contributed by atoms with Gasteiger partial charge < -0.3 is 11.1 Å². The van der Waals surface area contributed by atoms with Crippen molar-refractivity contribution < 1.29 is 9.59 Å². The van der Waals surface area contributed by atoms with E-state index < -0.39 is 5.91 Å². The molecule has 2 amide bonds. The number of nitrogens with two attached hydrogens (primary N) is 1. The Hall–Kier alpha value is -1.36. The summed E-state index contributed by atoms with van der Waals surface area (Å²) in [6, 6.07) is 6.65. The van der Waals surface area contributed by atoms with Crippen molar-refractivity contribution in [3.63, 3.8) is 0 Å². The summed E-state index contributed by atoms with van der Waals surface area (Å²) in [7, 11) is 0. The Morgan fingerprint density at radius 2 is 2.06 bits per heavy atom. The lowest BCUT2D eigenvalue weighted by Crippen LogP contribution is -2.24. The number of carbonyl (C=O) groups excluding carboxylic acids is 2. The van der Waals surface area contributed by atoms with Crippen molar-refractivity contribution in [3.8, 4) is 0 Å². The van der Waals surface area contributed by atoms with Gasteiger partial charge in [-0.3, -0.25) is 9.59 Å². The number of anilines is 1. The topological polar surface area (TPSA) is 72.2 Å². The van der Waals surface area contributed by atoms with Crippen LogP contribution in [0.3, 0.4) is 0 Å². The maximum Gasteiger partial charge on any atom is 0.250 e. The molecule has 1 atom stereocenters. The first-order chi connectivity index (χ1) is 7.56. The summed E-state index contributed by atoms with van der Waals surface area (Å²) in [6.07, 6.45) is 0.671. The molecule has 0 saturated heterocycles. The SMILES string of the molecule is CCC(Br)C(=O)Nc1ccccc1C(N)=O. The predicted octanol–water partition coefficient (Wildman–Crippen LogP) is 1.90. The summed E-state index contributed by atoms with van der Waals surface area (Å²) < 4.78 is 0. The zero-order valence-electron chi connectivity index (χ0n) is 8.87. The smallest absolute Gasteiger partial charge is 0.250 e. The van der Waals surface area contributed by atoms with Crippen molar-refractivity contribution in [1.29, 1.82) is 0 Å². The Morgan fingerprint density at radius 3 is 2.62 bits per heavy atom. The predicted molar refractivity (Wildman–Crippen MR) is 66.6 cm³/mol. The first kappa shape index (κ1) is 12.7. The van der Waals surface area contributed by atoms with Gasteiger partial charge in [0, 0.05) is 0 Å². The molecule has 0 aliphatic heterocycles. The number of para-hydroxylation sites is 1. The molecule has 0 spiro atoms. The molecule has 16 heavy (non-hydrogen) atoms. The highest BCUT2D eigenvalue weighted by Gasteiger charge is 2.15. The quantitative estimate of drug-likeness (QED) is 0.829. The van der Waals surface area contributed by atoms with E-state index >= 15 is 0 Å². The number of rotatable bonds is 4. The van der Waals surface area contributed by atoms with Crippen LogP contribution in [-0.4, -0.2) is 16.6 Å². The lowest BCUT2D eigenvalue weighted by atomic mass is 10.1. The van der Waals surface area contributed by atoms with Gasteiger partial charge in [-0.05, 0) is 18.6 Å². The van der Waals surface area contributed by atoms with Gasteiger partial charge in [0.2, 0.25) is 5.91 Å². The van der Waals surface area contributed by atoms with Crippen molar-refractivity contribution in [2.75, 3.05) is 5.32 Å². The van der Waals surface area contributed by atoms with Gasteiger partial charge in [0.05, 0.1) is 16.1 Å². The van der Waals surface area contributed by atoms with E-state index in [-0.39, 0.29) is 10.7 Å². The molecule has 1 rings (SSSR count). The van der Waals surface area contributed by atoms with E-state index in [4.69, 9.17) is 5.73 Å². The van der Waals surface area contributed by atoms with Crippen LogP contribution < -0.4 is 11.1 Å².